The first-order valence-electron chi connectivity index (χ1n) is 9.09. The second-order valence-corrected chi connectivity index (χ2v) is 7.12. The molecule has 2 aromatic heterocycles. The lowest BCUT2D eigenvalue weighted by Gasteiger charge is -2.20. The number of halogens is 6. The zero-order valence-corrected chi connectivity index (χ0v) is 17.4. The highest BCUT2D eigenvalue weighted by Gasteiger charge is 2.39. The van der Waals surface area contributed by atoms with E-state index in [2.05, 4.69) is 15.3 Å². The lowest BCUT2D eigenvalue weighted by Crippen LogP contribution is -2.32. The van der Waals surface area contributed by atoms with Crippen molar-refractivity contribution in [1.29, 1.82) is 0 Å². The molecule has 3 aromatic rings. The van der Waals surface area contributed by atoms with Gasteiger partial charge in [0.2, 0.25) is 5.88 Å². The molecule has 0 bridgehead atoms. The average Bonchev–Trinajstić information content (AvgIpc) is 2.71. The second-order valence-electron chi connectivity index (χ2n) is 6.71. The van der Waals surface area contributed by atoms with Crippen LogP contribution in [0.2, 0.25) is 5.02 Å². The van der Waals surface area contributed by atoms with Crippen LogP contribution in [0.5, 0.6) is 5.88 Å². The van der Waals surface area contributed by atoms with E-state index in [0.29, 0.717) is 18.7 Å². The first-order valence-corrected chi connectivity index (χ1v) is 9.47. The highest BCUT2D eigenvalue weighted by Crippen LogP contribution is 2.32. The van der Waals surface area contributed by atoms with Crippen LogP contribution in [-0.4, -0.2) is 28.2 Å². The van der Waals surface area contributed by atoms with Gasteiger partial charge in [0.25, 0.3) is 5.91 Å². The summed E-state index contributed by atoms with van der Waals surface area (Å²) < 4.78 is 72.9. The minimum Gasteiger partial charge on any atom is -0.464 e. The van der Waals surface area contributed by atoms with Gasteiger partial charge >= 0.3 is 6.18 Å². The molecule has 0 aliphatic rings. The molecule has 168 valence electrons. The first-order chi connectivity index (χ1) is 15.0. The van der Waals surface area contributed by atoms with Crippen LogP contribution in [0.4, 0.5) is 27.6 Å². The monoisotopic (exact) mass is 471 g/mol. The number of benzene rings is 1. The molecule has 1 atom stereocenters. The van der Waals surface area contributed by atoms with Crippen molar-refractivity contribution in [1.82, 2.24) is 9.97 Å². The molecule has 0 spiro atoms. The van der Waals surface area contributed by atoms with Gasteiger partial charge in [0.1, 0.15) is 17.1 Å². The van der Waals surface area contributed by atoms with Gasteiger partial charge in [-0.05, 0) is 44.2 Å². The summed E-state index contributed by atoms with van der Waals surface area (Å²) in [5, 5.41) is 1.95. The third kappa shape index (κ3) is 5.13. The smallest absolute Gasteiger partial charge is 0.425 e. The van der Waals surface area contributed by atoms with Crippen molar-refractivity contribution in [3.8, 4) is 17.1 Å². The lowest BCUT2D eigenvalue weighted by atomic mass is 10.1. The molecule has 1 unspecified atom stereocenters. The Labute approximate surface area is 184 Å². The van der Waals surface area contributed by atoms with E-state index in [9.17, 15) is 26.7 Å². The zero-order valence-electron chi connectivity index (χ0n) is 16.6. The van der Waals surface area contributed by atoms with Crippen LogP contribution < -0.4 is 10.1 Å². The van der Waals surface area contributed by atoms with Gasteiger partial charge in [-0.2, -0.15) is 13.2 Å². The number of para-hydroxylation sites is 1. The van der Waals surface area contributed by atoms with E-state index in [1.165, 1.54) is 24.4 Å². The molecule has 32 heavy (non-hydrogen) atoms. The number of rotatable bonds is 5. The Morgan fingerprint density at radius 1 is 1.16 bits per heavy atom. The number of alkyl halides is 3. The number of ether oxygens (including phenoxy) is 1. The highest BCUT2D eigenvalue weighted by molar-refractivity contribution is 6.34. The minimum absolute atomic E-state index is 0.154. The Morgan fingerprint density at radius 2 is 1.88 bits per heavy atom. The lowest BCUT2D eigenvalue weighted by molar-refractivity contribution is -0.190. The number of carbonyl (C=O) groups is 1. The minimum atomic E-state index is -4.79. The zero-order chi connectivity index (χ0) is 23.6. The Balaban J connectivity index is 2.08. The molecular weight excluding hydrogens is 457 g/mol. The van der Waals surface area contributed by atoms with Crippen molar-refractivity contribution in [3.05, 3.63) is 70.5 Å². The maximum Gasteiger partial charge on any atom is 0.425 e. The van der Waals surface area contributed by atoms with Gasteiger partial charge in [-0.1, -0.05) is 17.7 Å². The van der Waals surface area contributed by atoms with Crippen LogP contribution in [0.25, 0.3) is 11.3 Å². The normalized spacial score (nSPS) is 12.4. The fourth-order valence-corrected chi connectivity index (χ4v) is 2.78. The van der Waals surface area contributed by atoms with Crippen LogP contribution in [0.1, 0.15) is 23.0 Å². The van der Waals surface area contributed by atoms with Gasteiger partial charge in [0.05, 0.1) is 10.7 Å². The molecule has 1 aromatic carbocycles. The van der Waals surface area contributed by atoms with E-state index in [4.69, 9.17) is 16.3 Å². The fourth-order valence-electron chi connectivity index (χ4n) is 2.57. The van der Waals surface area contributed by atoms with E-state index >= 15 is 0 Å². The molecule has 2 heterocycles. The van der Waals surface area contributed by atoms with Gasteiger partial charge in [0, 0.05) is 17.5 Å². The second kappa shape index (κ2) is 9.07. The molecule has 3 rings (SSSR count). The van der Waals surface area contributed by atoms with E-state index in [1.807, 2.05) is 0 Å². The third-order valence-electron chi connectivity index (χ3n) is 4.32. The molecule has 0 radical (unpaired) electrons. The number of anilines is 1. The predicted molar refractivity (Wildman–Crippen MR) is 108 cm³/mol. The number of nitrogens with one attached hydrogen (secondary N) is 1. The van der Waals surface area contributed by atoms with Gasteiger partial charge in [-0.3, -0.25) is 9.78 Å². The Morgan fingerprint density at radius 3 is 2.47 bits per heavy atom. The van der Waals surface area contributed by atoms with E-state index < -0.39 is 47.0 Å². The fraction of sp³-hybridized carbons (Fsp3) is 0.190. The number of carbonyl (C=O) groups excluding carboxylic acids is 1. The Hall–Kier alpha value is -3.27. The molecule has 1 amide bonds. The number of pyridine rings is 2. The van der Waals surface area contributed by atoms with Crippen molar-refractivity contribution in [2.24, 2.45) is 0 Å². The number of amides is 1. The molecule has 0 aliphatic carbocycles. The Kier molecular flexibility index (Phi) is 6.63. The van der Waals surface area contributed by atoms with Crippen LogP contribution in [0.3, 0.4) is 0 Å². The maximum atomic E-state index is 14.8. The molecule has 0 saturated heterocycles. The highest BCUT2D eigenvalue weighted by atomic mass is 35.5. The summed E-state index contributed by atoms with van der Waals surface area (Å²) in [6.45, 7) is 2.39. The van der Waals surface area contributed by atoms with Crippen LogP contribution in [0.15, 0.2) is 42.6 Å². The molecule has 0 fully saturated rings. The topological polar surface area (TPSA) is 64.1 Å². The van der Waals surface area contributed by atoms with Crippen molar-refractivity contribution in [2.45, 2.75) is 26.1 Å². The largest absolute Gasteiger partial charge is 0.464 e. The number of nitrogens with zero attached hydrogens (tertiary/aromatic N) is 2. The van der Waals surface area contributed by atoms with Gasteiger partial charge in [0.15, 0.2) is 11.9 Å². The average molecular weight is 472 g/mol. The van der Waals surface area contributed by atoms with E-state index in [0.717, 1.165) is 6.07 Å². The van der Waals surface area contributed by atoms with Crippen molar-refractivity contribution >= 4 is 23.2 Å². The molecule has 0 aliphatic heterocycles. The Bertz CT molecular complexity index is 1130. The standard InChI is InChI=1S/C21H15ClF5N3O2/c1-10-6-7-12(9-28-10)17-16(24)8-13(20(30-17)32-11(2)21(25,26)27)19(31)29-18-14(22)4-3-5-15(18)23/h3-9,11H,1-2H3,(H,29,31). The van der Waals surface area contributed by atoms with Gasteiger partial charge < -0.3 is 10.1 Å². The maximum absolute atomic E-state index is 14.8. The van der Waals surface area contributed by atoms with Gasteiger partial charge in [-0.25, -0.2) is 13.8 Å². The summed E-state index contributed by atoms with van der Waals surface area (Å²) in [6.07, 6.45) is -5.88. The van der Waals surface area contributed by atoms with E-state index in [1.54, 1.807) is 13.0 Å². The predicted octanol–water partition coefficient (Wildman–Crippen LogP) is 5.97. The molecule has 1 N–H and O–H groups in total. The number of hydrogen-bond donors (Lipinski definition) is 1. The van der Waals surface area contributed by atoms with Crippen molar-refractivity contribution in [2.75, 3.05) is 5.32 Å². The third-order valence-corrected chi connectivity index (χ3v) is 4.64. The van der Waals surface area contributed by atoms with E-state index in [-0.39, 0.29) is 16.3 Å². The molecule has 5 nitrogen and oxygen atoms in total. The summed E-state index contributed by atoms with van der Waals surface area (Å²) >= 11 is 5.86. The summed E-state index contributed by atoms with van der Waals surface area (Å²) in [7, 11) is 0. The first kappa shape index (κ1) is 23.4. The number of hydrogen-bond acceptors (Lipinski definition) is 4. The van der Waals surface area contributed by atoms with Crippen LogP contribution in [0, 0.1) is 18.6 Å². The number of aryl methyl sites for hydroxylation is 1. The quantitative estimate of drug-likeness (QED) is 0.466. The summed E-state index contributed by atoms with van der Waals surface area (Å²) in [5.41, 5.74) is -0.707. The molecule has 0 saturated carbocycles. The van der Waals surface area contributed by atoms with Crippen LogP contribution in [-0.2, 0) is 0 Å². The summed E-state index contributed by atoms with van der Waals surface area (Å²) in [4.78, 5) is 20.5. The SMILES string of the molecule is Cc1ccc(-c2nc(OC(C)C(F)(F)F)c(C(=O)Nc3c(F)cccc3Cl)cc2F)cn1. The number of aromatic nitrogens is 2. The summed E-state index contributed by atoms with van der Waals surface area (Å²) in [6, 6.07) is 7.26. The summed E-state index contributed by atoms with van der Waals surface area (Å²) in [5.74, 6) is -3.88. The molecular formula is C21H15ClF5N3O2. The van der Waals surface area contributed by atoms with Crippen LogP contribution >= 0.6 is 11.6 Å². The van der Waals surface area contributed by atoms with Gasteiger partial charge in [-0.15, -0.1) is 0 Å². The van der Waals surface area contributed by atoms with Crippen molar-refractivity contribution in [3.63, 3.8) is 0 Å². The molecule has 11 heteroatoms. The van der Waals surface area contributed by atoms with Crippen molar-refractivity contribution < 1.29 is 31.5 Å².